The van der Waals surface area contributed by atoms with E-state index in [0.29, 0.717) is 54.9 Å². The average Bonchev–Trinajstić information content (AvgIpc) is 3.19. The Hall–Kier alpha value is -3.82. The van der Waals surface area contributed by atoms with Crippen molar-refractivity contribution in [3.05, 3.63) is 95.1 Å². The molecule has 0 aliphatic carbocycles. The Morgan fingerprint density at radius 3 is 1.90 bits per heavy atom. The van der Waals surface area contributed by atoms with Gasteiger partial charge in [0.25, 0.3) is 17.7 Å². The molecule has 8 nitrogen and oxygen atoms in total. The largest absolute Gasteiger partial charge is 0.308 e. The number of hydrogen-bond acceptors (Lipinski definition) is 5. The highest BCUT2D eigenvalue weighted by atomic mass is 32.2. The summed E-state index contributed by atoms with van der Waals surface area (Å²) in [6, 6.07) is 20.4. The summed E-state index contributed by atoms with van der Waals surface area (Å²) >= 11 is 0. The quantitative estimate of drug-likeness (QED) is 0.255. The fraction of sp³-hybridized carbons (Fsp3) is 0.300. The van der Waals surface area contributed by atoms with Crippen LogP contribution in [0, 0.1) is 6.92 Å². The molecule has 0 fully saturated rings. The number of carbonyl (C=O) groups is 3. The van der Waals surface area contributed by atoms with Gasteiger partial charge in [-0.1, -0.05) is 43.7 Å². The zero-order valence-corrected chi connectivity index (χ0v) is 23.3. The molecule has 0 bridgehead atoms. The molecule has 1 aliphatic rings. The number of fused-ring (bicyclic) bond motifs is 1. The minimum atomic E-state index is -3.63. The number of rotatable bonds is 11. The number of aryl methyl sites for hydroxylation is 1. The lowest BCUT2D eigenvalue weighted by Gasteiger charge is -2.24. The van der Waals surface area contributed by atoms with E-state index in [9.17, 15) is 22.8 Å². The van der Waals surface area contributed by atoms with Crippen LogP contribution in [-0.2, 0) is 10.0 Å². The van der Waals surface area contributed by atoms with Crippen molar-refractivity contribution in [2.45, 2.75) is 38.5 Å². The molecule has 3 aromatic rings. The third kappa shape index (κ3) is 5.79. The Kier molecular flexibility index (Phi) is 8.62. The molecule has 0 saturated carbocycles. The second kappa shape index (κ2) is 11.9. The Labute approximate surface area is 229 Å². The van der Waals surface area contributed by atoms with Crippen LogP contribution in [0.3, 0.4) is 0 Å². The zero-order chi connectivity index (χ0) is 28.2. The zero-order valence-electron chi connectivity index (χ0n) is 22.5. The van der Waals surface area contributed by atoms with Gasteiger partial charge in [0, 0.05) is 37.4 Å². The summed E-state index contributed by atoms with van der Waals surface area (Å²) in [4.78, 5) is 42.0. The van der Waals surface area contributed by atoms with Crippen LogP contribution < -0.4 is 4.90 Å². The van der Waals surface area contributed by atoms with Crippen LogP contribution in [0.25, 0.3) is 0 Å². The smallest absolute Gasteiger partial charge is 0.261 e. The summed E-state index contributed by atoms with van der Waals surface area (Å²) in [7, 11) is -3.63. The van der Waals surface area contributed by atoms with Crippen LogP contribution in [-0.4, -0.2) is 61.5 Å². The molecular weight excluding hydrogens is 514 g/mol. The predicted octanol–water partition coefficient (Wildman–Crippen LogP) is 4.75. The Morgan fingerprint density at radius 1 is 0.795 bits per heavy atom. The van der Waals surface area contributed by atoms with Crippen molar-refractivity contribution in [2.75, 3.05) is 31.1 Å². The lowest BCUT2D eigenvalue weighted by atomic mass is 10.1. The Morgan fingerprint density at radius 2 is 1.36 bits per heavy atom. The topological polar surface area (TPSA) is 95.1 Å². The van der Waals surface area contributed by atoms with E-state index in [2.05, 4.69) is 0 Å². The molecule has 1 aliphatic heterocycles. The maximum Gasteiger partial charge on any atom is 0.261 e. The minimum absolute atomic E-state index is 0.144. The first-order chi connectivity index (χ1) is 18.7. The Bertz CT molecular complexity index is 1430. The fourth-order valence-electron chi connectivity index (χ4n) is 4.69. The molecule has 0 radical (unpaired) electrons. The van der Waals surface area contributed by atoms with E-state index in [-0.39, 0.29) is 29.2 Å². The number of sulfonamides is 1. The van der Waals surface area contributed by atoms with E-state index in [1.807, 2.05) is 31.2 Å². The molecule has 0 saturated heterocycles. The molecular formula is C30H33N3O5S. The number of benzene rings is 3. The minimum Gasteiger partial charge on any atom is -0.308 e. The van der Waals surface area contributed by atoms with Crippen LogP contribution in [0.5, 0.6) is 0 Å². The van der Waals surface area contributed by atoms with Crippen LogP contribution in [0.15, 0.2) is 77.7 Å². The van der Waals surface area contributed by atoms with Crippen molar-refractivity contribution in [1.82, 2.24) is 9.21 Å². The molecule has 0 unspecified atom stereocenters. The maximum absolute atomic E-state index is 13.6. The van der Waals surface area contributed by atoms with Gasteiger partial charge < -0.3 is 4.90 Å². The molecule has 0 N–H and O–H groups in total. The lowest BCUT2D eigenvalue weighted by Crippen LogP contribution is -2.34. The molecule has 9 heteroatoms. The number of carbonyl (C=O) groups excluding carboxylic acids is 3. The molecule has 1 heterocycles. The highest BCUT2D eigenvalue weighted by Gasteiger charge is 2.34. The van der Waals surface area contributed by atoms with Crippen molar-refractivity contribution in [3.63, 3.8) is 0 Å². The summed E-state index contributed by atoms with van der Waals surface area (Å²) < 4.78 is 27.1. The highest BCUT2D eigenvalue weighted by Crippen LogP contribution is 2.24. The highest BCUT2D eigenvalue weighted by molar-refractivity contribution is 7.89. The van der Waals surface area contributed by atoms with Gasteiger partial charge in [0.2, 0.25) is 10.0 Å². The first kappa shape index (κ1) is 28.2. The normalized spacial score (nSPS) is 13.2. The molecule has 4 rings (SSSR count). The number of amides is 3. The number of hydrogen-bond donors (Lipinski definition) is 0. The SMILES string of the molecule is CCN(CC)S(=O)(=O)c1ccc(C(=O)N(CCCCN2C(=O)c3ccccc3C2=O)c2ccc(C)cc2)cc1. The van der Waals surface area contributed by atoms with Gasteiger partial charge >= 0.3 is 0 Å². The number of unbranched alkanes of at least 4 members (excludes halogenated alkanes) is 1. The van der Waals surface area contributed by atoms with Gasteiger partial charge in [0.05, 0.1) is 16.0 Å². The molecule has 0 spiro atoms. The Balaban J connectivity index is 1.47. The van der Waals surface area contributed by atoms with Crippen molar-refractivity contribution < 1.29 is 22.8 Å². The van der Waals surface area contributed by atoms with Crippen molar-refractivity contribution in [3.8, 4) is 0 Å². The van der Waals surface area contributed by atoms with Crippen LogP contribution in [0.4, 0.5) is 5.69 Å². The average molecular weight is 548 g/mol. The third-order valence-corrected chi connectivity index (χ3v) is 8.99. The van der Waals surface area contributed by atoms with Gasteiger partial charge in [-0.3, -0.25) is 19.3 Å². The number of imide groups is 1. The number of anilines is 1. The second-order valence-corrected chi connectivity index (χ2v) is 11.4. The standard InChI is InChI=1S/C30H33N3O5S/c1-4-31(5-2)39(37,38)25-18-14-23(15-19-25)28(34)32(24-16-12-22(3)13-17-24)20-8-9-21-33-29(35)26-10-6-7-11-27(26)30(33)36/h6-7,10-19H,4-5,8-9,20-21H2,1-3H3. The van der Waals surface area contributed by atoms with Gasteiger partial charge in [-0.25, -0.2) is 8.42 Å². The molecule has 39 heavy (non-hydrogen) atoms. The predicted molar refractivity (Wildman–Crippen MR) is 150 cm³/mol. The van der Waals surface area contributed by atoms with E-state index in [0.717, 1.165) is 5.56 Å². The molecule has 3 aromatic carbocycles. The summed E-state index contributed by atoms with van der Waals surface area (Å²) in [5, 5.41) is 0. The third-order valence-electron chi connectivity index (χ3n) is 6.93. The van der Waals surface area contributed by atoms with Gasteiger partial charge in [-0.05, 0) is 68.3 Å². The lowest BCUT2D eigenvalue weighted by molar-refractivity contribution is 0.0651. The fourth-order valence-corrected chi connectivity index (χ4v) is 6.15. The summed E-state index contributed by atoms with van der Waals surface area (Å²) in [5.74, 6) is -0.838. The van der Waals surface area contributed by atoms with Crippen LogP contribution in [0.1, 0.15) is 63.3 Å². The summed E-state index contributed by atoms with van der Waals surface area (Å²) in [6.07, 6.45) is 1.09. The molecule has 0 atom stereocenters. The van der Waals surface area contributed by atoms with Crippen LogP contribution in [0.2, 0.25) is 0 Å². The van der Waals surface area contributed by atoms with E-state index in [1.54, 1.807) is 55.1 Å². The van der Waals surface area contributed by atoms with Crippen molar-refractivity contribution in [1.29, 1.82) is 0 Å². The van der Waals surface area contributed by atoms with E-state index in [4.69, 9.17) is 0 Å². The van der Waals surface area contributed by atoms with Crippen molar-refractivity contribution in [2.24, 2.45) is 0 Å². The van der Waals surface area contributed by atoms with Gasteiger partial charge in [0.1, 0.15) is 0 Å². The van der Waals surface area contributed by atoms with Crippen molar-refractivity contribution >= 4 is 33.4 Å². The van der Waals surface area contributed by atoms with Gasteiger partial charge in [-0.15, -0.1) is 0 Å². The monoisotopic (exact) mass is 547 g/mol. The van der Waals surface area contributed by atoms with E-state index >= 15 is 0 Å². The maximum atomic E-state index is 13.6. The number of nitrogens with zero attached hydrogens (tertiary/aromatic N) is 3. The second-order valence-electron chi connectivity index (χ2n) is 9.42. The van der Waals surface area contributed by atoms with Gasteiger partial charge in [-0.2, -0.15) is 4.31 Å². The molecule has 204 valence electrons. The molecule has 3 amide bonds. The van der Waals surface area contributed by atoms with Crippen LogP contribution >= 0.6 is 0 Å². The first-order valence-corrected chi connectivity index (χ1v) is 14.6. The first-order valence-electron chi connectivity index (χ1n) is 13.1. The summed E-state index contributed by atoms with van der Waals surface area (Å²) in [5.41, 5.74) is 2.99. The van der Waals surface area contributed by atoms with E-state index < -0.39 is 10.0 Å². The summed E-state index contributed by atoms with van der Waals surface area (Å²) in [6.45, 7) is 6.89. The van der Waals surface area contributed by atoms with E-state index in [1.165, 1.54) is 21.3 Å². The van der Waals surface area contributed by atoms with Gasteiger partial charge in [0.15, 0.2) is 0 Å². The molecule has 0 aromatic heterocycles.